The van der Waals surface area contributed by atoms with Crippen LogP contribution in [0.15, 0.2) is 0 Å². The second-order valence-electron chi connectivity index (χ2n) is 7.10. The Morgan fingerprint density at radius 1 is 1.17 bits per heavy atom. The highest BCUT2D eigenvalue weighted by molar-refractivity contribution is 5.85. The molecule has 1 amide bonds. The van der Waals surface area contributed by atoms with Crippen molar-refractivity contribution in [3.05, 3.63) is 0 Å². The predicted molar refractivity (Wildman–Crippen MR) is 90.0 cm³/mol. The lowest BCUT2D eigenvalue weighted by atomic mass is 9.85. The number of nitrogens with one attached hydrogen (secondary N) is 1. The summed E-state index contributed by atoms with van der Waals surface area (Å²) in [5.74, 6) is 0.464. The summed E-state index contributed by atoms with van der Waals surface area (Å²) in [7, 11) is 0. The van der Waals surface area contributed by atoms with Gasteiger partial charge in [-0.15, -0.1) is 12.4 Å². The third-order valence-corrected chi connectivity index (χ3v) is 4.99. The highest BCUT2D eigenvalue weighted by atomic mass is 35.5. The second-order valence-corrected chi connectivity index (χ2v) is 7.10. The maximum Gasteiger partial charge on any atom is 0.401 e. The number of nitrogens with two attached hydrogens (primary N) is 1. The number of halogens is 4. The van der Waals surface area contributed by atoms with E-state index < -0.39 is 18.8 Å². The van der Waals surface area contributed by atoms with Crippen LogP contribution in [0.25, 0.3) is 0 Å². The van der Waals surface area contributed by atoms with Crippen molar-refractivity contribution in [2.24, 2.45) is 17.6 Å². The zero-order chi connectivity index (χ0) is 16.9. The van der Waals surface area contributed by atoms with Crippen molar-refractivity contribution < 1.29 is 18.0 Å². The molecule has 4 nitrogen and oxygen atoms in total. The molecule has 2 aliphatic rings. The molecule has 2 unspecified atom stereocenters. The summed E-state index contributed by atoms with van der Waals surface area (Å²) >= 11 is 0. The number of carbonyl (C=O) groups excluding carboxylic acids is 1. The molecule has 0 aromatic heterocycles. The fourth-order valence-electron chi connectivity index (χ4n) is 3.74. The summed E-state index contributed by atoms with van der Waals surface area (Å²) in [4.78, 5) is 13.5. The van der Waals surface area contributed by atoms with E-state index in [1.165, 1.54) is 24.2 Å². The summed E-state index contributed by atoms with van der Waals surface area (Å²) in [5.41, 5.74) is 5.97. The summed E-state index contributed by atoms with van der Waals surface area (Å²) in [6.07, 6.45) is 3.26. The Morgan fingerprint density at radius 3 is 2.46 bits per heavy atom. The molecular weight excluding hydrogens is 343 g/mol. The monoisotopic (exact) mass is 371 g/mol. The minimum absolute atomic E-state index is 0. The van der Waals surface area contributed by atoms with Gasteiger partial charge in [-0.3, -0.25) is 9.69 Å². The molecule has 1 aliphatic heterocycles. The van der Waals surface area contributed by atoms with E-state index in [0.29, 0.717) is 32.0 Å². The number of hydrogen-bond donors (Lipinski definition) is 2. The van der Waals surface area contributed by atoms with Crippen molar-refractivity contribution in [1.29, 1.82) is 0 Å². The van der Waals surface area contributed by atoms with Crippen LogP contribution >= 0.6 is 12.4 Å². The van der Waals surface area contributed by atoms with E-state index in [4.69, 9.17) is 5.73 Å². The molecule has 0 aromatic carbocycles. The van der Waals surface area contributed by atoms with Gasteiger partial charge in [0.05, 0.1) is 12.6 Å². The first-order chi connectivity index (χ1) is 10.8. The molecule has 2 fully saturated rings. The maximum atomic E-state index is 12.3. The minimum atomic E-state index is -4.15. The molecule has 1 saturated carbocycles. The number of nitrogens with zero attached hydrogens (tertiary/aromatic N) is 1. The quantitative estimate of drug-likeness (QED) is 0.754. The fraction of sp³-hybridized carbons (Fsp3) is 0.938. The molecule has 0 aromatic rings. The summed E-state index contributed by atoms with van der Waals surface area (Å²) < 4.78 is 37.0. The van der Waals surface area contributed by atoms with Crippen LogP contribution in [-0.4, -0.2) is 49.2 Å². The van der Waals surface area contributed by atoms with E-state index in [1.807, 2.05) is 0 Å². The average Bonchev–Trinajstić information content (AvgIpc) is 2.91. The highest BCUT2D eigenvalue weighted by Gasteiger charge is 2.34. The summed E-state index contributed by atoms with van der Waals surface area (Å²) in [5, 5.41) is 2.83. The lowest BCUT2D eigenvalue weighted by Crippen LogP contribution is -2.44. The standard InChI is InChI=1S/C16H28F3N3O.ClH/c17-16(18,19)11-22-7-6-13(10-22)9-21-15(23)14(20)8-12-4-2-1-3-5-12;/h12-14H,1-11,20H2,(H,21,23);1H. The van der Waals surface area contributed by atoms with Crippen LogP contribution in [0.2, 0.25) is 0 Å². The van der Waals surface area contributed by atoms with Crippen molar-refractivity contribution in [2.75, 3.05) is 26.2 Å². The molecule has 2 atom stereocenters. The van der Waals surface area contributed by atoms with Crippen LogP contribution < -0.4 is 11.1 Å². The zero-order valence-corrected chi connectivity index (χ0v) is 14.8. The summed E-state index contributed by atoms with van der Waals surface area (Å²) in [6, 6.07) is -0.495. The Bertz CT molecular complexity index is 389. The van der Waals surface area contributed by atoms with E-state index in [2.05, 4.69) is 5.32 Å². The van der Waals surface area contributed by atoms with Crippen LogP contribution in [0.1, 0.15) is 44.9 Å². The van der Waals surface area contributed by atoms with E-state index >= 15 is 0 Å². The van der Waals surface area contributed by atoms with Crippen molar-refractivity contribution in [3.63, 3.8) is 0 Å². The fourth-order valence-corrected chi connectivity index (χ4v) is 3.74. The molecule has 2 rings (SSSR count). The minimum Gasteiger partial charge on any atom is -0.354 e. The average molecular weight is 372 g/mol. The van der Waals surface area contributed by atoms with Gasteiger partial charge in [0.1, 0.15) is 0 Å². The molecule has 8 heteroatoms. The van der Waals surface area contributed by atoms with Gasteiger partial charge < -0.3 is 11.1 Å². The molecule has 1 saturated heterocycles. The van der Waals surface area contributed by atoms with Gasteiger partial charge in [-0.1, -0.05) is 32.1 Å². The molecule has 0 bridgehead atoms. The van der Waals surface area contributed by atoms with Crippen molar-refractivity contribution in [1.82, 2.24) is 10.2 Å². The third kappa shape index (κ3) is 7.57. The van der Waals surface area contributed by atoms with Crippen molar-refractivity contribution in [3.8, 4) is 0 Å². The van der Waals surface area contributed by atoms with Gasteiger partial charge in [0.2, 0.25) is 5.91 Å². The normalized spacial score (nSPS) is 24.4. The molecular formula is C16H29ClF3N3O. The van der Waals surface area contributed by atoms with Gasteiger partial charge in [-0.05, 0) is 31.2 Å². The maximum absolute atomic E-state index is 12.3. The van der Waals surface area contributed by atoms with Gasteiger partial charge in [-0.25, -0.2) is 0 Å². The molecule has 0 radical (unpaired) electrons. The third-order valence-electron chi connectivity index (χ3n) is 4.99. The smallest absolute Gasteiger partial charge is 0.354 e. The largest absolute Gasteiger partial charge is 0.401 e. The van der Waals surface area contributed by atoms with Gasteiger partial charge in [0.25, 0.3) is 0 Å². The number of amides is 1. The lowest BCUT2D eigenvalue weighted by Gasteiger charge is -2.24. The van der Waals surface area contributed by atoms with Crippen LogP contribution in [0.4, 0.5) is 13.2 Å². The van der Waals surface area contributed by atoms with Crippen LogP contribution in [0.5, 0.6) is 0 Å². The Hall–Kier alpha value is -0.530. The van der Waals surface area contributed by atoms with Gasteiger partial charge in [0.15, 0.2) is 0 Å². The van der Waals surface area contributed by atoms with Gasteiger partial charge in [0, 0.05) is 13.1 Å². The second kappa shape index (κ2) is 9.82. The number of likely N-dealkylation sites (tertiary alicyclic amines) is 1. The number of carbonyl (C=O) groups is 1. The van der Waals surface area contributed by atoms with E-state index in [-0.39, 0.29) is 24.2 Å². The number of rotatable bonds is 6. The Labute approximate surface area is 148 Å². The van der Waals surface area contributed by atoms with Crippen LogP contribution in [0.3, 0.4) is 0 Å². The van der Waals surface area contributed by atoms with E-state index in [0.717, 1.165) is 19.3 Å². The summed E-state index contributed by atoms with van der Waals surface area (Å²) in [6.45, 7) is 0.385. The molecule has 142 valence electrons. The van der Waals surface area contributed by atoms with E-state index in [1.54, 1.807) is 0 Å². The zero-order valence-electron chi connectivity index (χ0n) is 14.0. The van der Waals surface area contributed by atoms with Crippen molar-refractivity contribution >= 4 is 18.3 Å². The van der Waals surface area contributed by atoms with Crippen LogP contribution in [0, 0.1) is 11.8 Å². The number of hydrogen-bond acceptors (Lipinski definition) is 3. The number of alkyl halides is 3. The first kappa shape index (κ1) is 21.5. The molecule has 1 heterocycles. The molecule has 3 N–H and O–H groups in total. The topological polar surface area (TPSA) is 58.4 Å². The highest BCUT2D eigenvalue weighted by Crippen LogP contribution is 2.27. The Morgan fingerprint density at radius 2 is 1.83 bits per heavy atom. The first-order valence-corrected chi connectivity index (χ1v) is 8.66. The van der Waals surface area contributed by atoms with E-state index in [9.17, 15) is 18.0 Å². The van der Waals surface area contributed by atoms with Crippen LogP contribution in [-0.2, 0) is 4.79 Å². The van der Waals surface area contributed by atoms with Gasteiger partial charge in [-0.2, -0.15) is 13.2 Å². The Balaban J connectivity index is 0.00000288. The van der Waals surface area contributed by atoms with Crippen molar-refractivity contribution in [2.45, 2.75) is 57.2 Å². The first-order valence-electron chi connectivity index (χ1n) is 8.66. The molecule has 1 aliphatic carbocycles. The van der Waals surface area contributed by atoms with Gasteiger partial charge >= 0.3 is 6.18 Å². The molecule has 0 spiro atoms. The lowest BCUT2D eigenvalue weighted by molar-refractivity contribution is -0.143. The molecule has 24 heavy (non-hydrogen) atoms. The Kier molecular flexibility index (Phi) is 8.81. The SMILES string of the molecule is Cl.NC(CC1CCCCC1)C(=O)NCC1CCN(CC(F)(F)F)C1. The predicted octanol–water partition coefficient (Wildman–Crippen LogP) is 2.71.